The molecule has 0 bridgehead atoms. The van der Waals surface area contributed by atoms with Crippen LogP contribution in [0.2, 0.25) is 0 Å². The molecule has 0 saturated heterocycles. The average molecular weight is 338 g/mol. The molecule has 0 aliphatic carbocycles. The highest BCUT2D eigenvalue weighted by Crippen LogP contribution is 2.30. The maximum absolute atomic E-state index is 11.3. The van der Waals surface area contributed by atoms with Crippen LogP contribution in [0, 0.1) is 6.92 Å². The van der Waals surface area contributed by atoms with Crippen LogP contribution in [0.25, 0.3) is 11.3 Å². The van der Waals surface area contributed by atoms with E-state index < -0.39 is 0 Å². The van der Waals surface area contributed by atoms with Crippen molar-refractivity contribution in [2.75, 3.05) is 12.4 Å². The molecule has 0 unspecified atom stereocenters. The van der Waals surface area contributed by atoms with E-state index >= 15 is 0 Å². The molecule has 0 saturated carbocycles. The number of aromatic nitrogens is 1. The minimum Gasteiger partial charge on any atom is -0.496 e. The zero-order chi connectivity index (χ0) is 17.1. The molecular weight excluding hydrogens is 320 g/mol. The number of Topliss-reactive ketones (excluding diaryl/α,β-unsaturated/α-hetero) is 1. The third kappa shape index (κ3) is 3.46. The predicted molar refractivity (Wildman–Crippen MR) is 98.6 cm³/mol. The molecule has 0 aliphatic heterocycles. The van der Waals surface area contributed by atoms with Crippen LogP contribution in [0.3, 0.4) is 0 Å². The van der Waals surface area contributed by atoms with Gasteiger partial charge in [0.2, 0.25) is 0 Å². The van der Waals surface area contributed by atoms with Gasteiger partial charge >= 0.3 is 0 Å². The van der Waals surface area contributed by atoms with Crippen molar-refractivity contribution in [2.45, 2.75) is 13.8 Å². The van der Waals surface area contributed by atoms with Crippen LogP contribution in [-0.4, -0.2) is 17.9 Å². The maximum Gasteiger partial charge on any atom is 0.187 e. The second-order valence-electron chi connectivity index (χ2n) is 5.48. The first-order valence-corrected chi connectivity index (χ1v) is 8.43. The molecule has 0 aliphatic rings. The van der Waals surface area contributed by atoms with Gasteiger partial charge < -0.3 is 10.1 Å². The summed E-state index contributed by atoms with van der Waals surface area (Å²) in [7, 11) is 1.67. The number of anilines is 2. The Labute approximate surface area is 145 Å². The summed E-state index contributed by atoms with van der Waals surface area (Å²) in [6.45, 7) is 3.58. The number of rotatable bonds is 5. The quantitative estimate of drug-likeness (QED) is 0.660. The lowest BCUT2D eigenvalue weighted by Gasteiger charge is -2.06. The van der Waals surface area contributed by atoms with Gasteiger partial charge in [0.1, 0.15) is 5.75 Å². The fourth-order valence-corrected chi connectivity index (χ4v) is 3.15. The van der Waals surface area contributed by atoms with Crippen molar-refractivity contribution in [3.63, 3.8) is 0 Å². The Morgan fingerprint density at radius 3 is 2.54 bits per heavy atom. The zero-order valence-electron chi connectivity index (χ0n) is 13.8. The number of nitrogens with zero attached hydrogens (tertiary/aromatic N) is 1. The molecule has 0 spiro atoms. The first kappa shape index (κ1) is 16.2. The Morgan fingerprint density at radius 2 is 1.92 bits per heavy atom. The van der Waals surface area contributed by atoms with E-state index in [9.17, 15) is 4.79 Å². The average Bonchev–Trinajstić information content (AvgIpc) is 3.04. The molecule has 0 amide bonds. The molecule has 24 heavy (non-hydrogen) atoms. The Hall–Kier alpha value is -2.66. The predicted octanol–water partition coefficient (Wildman–Crippen LogP) is 5.07. The number of hydrogen-bond acceptors (Lipinski definition) is 5. The van der Waals surface area contributed by atoms with Crippen molar-refractivity contribution >= 4 is 27.9 Å². The molecule has 1 aromatic heterocycles. The van der Waals surface area contributed by atoms with Crippen molar-refractivity contribution in [2.24, 2.45) is 0 Å². The van der Waals surface area contributed by atoms with Crippen molar-refractivity contribution in [3.8, 4) is 17.0 Å². The largest absolute Gasteiger partial charge is 0.496 e. The Morgan fingerprint density at radius 1 is 1.17 bits per heavy atom. The van der Waals surface area contributed by atoms with Gasteiger partial charge in [-0.2, -0.15) is 0 Å². The van der Waals surface area contributed by atoms with E-state index in [1.165, 1.54) is 0 Å². The highest BCUT2D eigenvalue weighted by atomic mass is 32.1. The fourth-order valence-electron chi connectivity index (χ4n) is 2.41. The molecule has 1 heterocycles. The zero-order valence-corrected chi connectivity index (χ0v) is 14.6. The number of aryl methyl sites for hydroxylation is 1. The molecule has 5 heteroatoms. The Bertz CT molecular complexity index is 869. The molecule has 1 N–H and O–H groups in total. The van der Waals surface area contributed by atoms with Crippen LogP contribution in [0.1, 0.15) is 22.8 Å². The SMILES string of the molecule is COc1ccc(-c2csc(Nc3ccc(C(C)=O)cc3)n2)cc1C. The number of ether oxygens (including phenoxy) is 1. The van der Waals surface area contributed by atoms with Crippen LogP contribution in [0.5, 0.6) is 5.75 Å². The molecule has 0 fully saturated rings. The third-order valence-corrected chi connectivity index (χ3v) is 4.50. The van der Waals surface area contributed by atoms with Gasteiger partial charge in [0, 0.05) is 22.2 Å². The molecular formula is C19H18N2O2S. The molecule has 4 nitrogen and oxygen atoms in total. The second-order valence-corrected chi connectivity index (χ2v) is 6.34. The molecule has 122 valence electrons. The Kier molecular flexibility index (Phi) is 4.62. The second kappa shape index (κ2) is 6.84. The van der Waals surface area contributed by atoms with Gasteiger partial charge in [-0.25, -0.2) is 4.98 Å². The number of ketones is 1. The molecule has 3 rings (SSSR count). The van der Waals surface area contributed by atoms with Crippen LogP contribution in [0.4, 0.5) is 10.8 Å². The van der Waals surface area contributed by atoms with Crippen LogP contribution in [-0.2, 0) is 0 Å². The number of hydrogen-bond donors (Lipinski definition) is 1. The molecule has 0 atom stereocenters. The summed E-state index contributed by atoms with van der Waals surface area (Å²) in [4.78, 5) is 15.9. The third-order valence-electron chi connectivity index (χ3n) is 3.74. The maximum atomic E-state index is 11.3. The van der Waals surface area contributed by atoms with Gasteiger partial charge in [-0.3, -0.25) is 4.79 Å². The van der Waals surface area contributed by atoms with Gasteiger partial charge in [-0.05, 0) is 61.9 Å². The van der Waals surface area contributed by atoms with Gasteiger partial charge in [0.05, 0.1) is 12.8 Å². The molecule has 3 aromatic rings. The number of thiazole rings is 1. The monoisotopic (exact) mass is 338 g/mol. The number of carbonyl (C=O) groups is 1. The lowest BCUT2D eigenvalue weighted by molar-refractivity contribution is 0.101. The van der Waals surface area contributed by atoms with E-state index in [0.717, 1.165) is 33.4 Å². The summed E-state index contributed by atoms with van der Waals surface area (Å²) in [6.07, 6.45) is 0. The summed E-state index contributed by atoms with van der Waals surface area (Å²) in [5.41, 5.74) is 4.68. The van der Waals surface area contributed by atoms with E-state index in [2.05, 4.69) is 16.4 Å². The standard InChI is InChI=1S/C19H18N2O2S/c1-12-10-15(6-9-18(12)23-3)17-11-24-19(21-17)20-16-7-4-14(5-8-16)13(2)22/h4-11H,1-3H3,(H,20,21). The number of benzene rings is 2. The topological polar surface area (TPSA) is 51.2 Å². The van der Waals surface area contributed by atoms with Crippen LogP contribution < -0.4 is 10.1 Å². The van der Waals surface area contributed by atoms with Gasteiger partial charge in [0.25, 0.3) is 0 Å². The summed E-state index contributed by atoms with van der Waals surface area (Å²) < 4.78 is 5.29. The van der Waals surface area contributed by atoms with E-state index in [1.54, 1.807) is 25.4 Å². The lowest BCUT2D eigenvalue weighted by Crippen LogP contribution is -1.93. The Balaban J connectivity index is 1.78. The summed E-state index contributed by atoms with van der Waals surface area (Å²) in [5.74, 6) is 0.936. The first-order valence-electron chi connectivity index (χ1n) is 7.55. The smallest absolute Gasteiger partial charge is 0.187 e. The first-order chi connectivity index (χ1) is 11.6. The highest BCUT2D eigenvalue weighted by Gasteiger charge is 2.07. The van der Waals surface area contributed by atoms with E-state index in [1.807, 2.05) is 48.7 Å². The molecule has 0 radical (unpaired) electrons. The summed E-state index contributed by atoms with van der Waals surface area (Å²) in [6, 6.07) is 13.4. The number of nitrogens with one attached hydrogen (secondary N) is 1. The van der Waals surface area contributed by atoms with Crippen molar-refractivity contribution in [1.82, 2.24) is 4.98 Å². The van der Waals surface area contributed by atoms with Gasteiger partial charge in [0.15, 0.2) is 10.9 Å². The van der Waals surface area contributed by atoms with Crippen LogP contribution in [0.15, 0.2) is 47.8 Å². The minimum absolute atomic E-state index is 0.0629. The van der Waals surface area contributed by atoms with E-state index in [-0.39, 0.29) is 5.78 Å². The van der Waals surface area contributed by atoms with Crippen molar-refractivity contribution in [3.05, 3.63) is 59.0 Å². The van der Waals surface area contributed by atoms with Crippen LogP contribution >= 0.6 is 11.3 Å². The van der Waals surface area contributed by atoms with E-state index in [0.29, 0.717) is 5.56 Å². The summed E-state index contributed by atoms with van der Waals surface area (Å²) in [5, 5.41) is 6.10. The normalized spacial score (nSPS) is 10.5. The number of methoxy groups -OCH3 is 1. The van der Waals surface area contributed by atoms with Gasteiger partial charge in [-0.15, -0.1) is 11.3 Å². The number of carbonyl (C=O) groups excluding carboxylic acids is 1. The van der Waals surface area contributed by atoms with Gasteiger partial charge in [-0.1, -0.05) is 0 Å². The van der Waals surface area contributed by atoms with E-state index in [4.69, 9.17) is 4.74 Å². The van der Waals surface area contributed by atoms with Crippen molar-refractivity contribution in [1.29, 1.82) is 0 Å². The lowest BCUT2D eigenvalue weighted by atomic mass is 10.1. The molecule has 2 aromatic carbocycles. The highest BCUT2D eigenvalue weighted by molar-refractivity contribution is 7.14. The fraction of sp³-hybridized carbons (Fsp3) is 0.158. The summed E-state index contributed by atoms with van der Waals surface area (Å²) >= 11 is 1.55. The van der Waals surface area contributed by atoms with Crippen molar-refractivity contribution < 1.29 is 9.53 Å². The minimum atomic E-state index is 0.0629.